The van der Waals surface area contributed by atoms with Gasteiger partial charge in [0.05, 0.1) is 12.2 Å². The standard InChI is InChI=1S/C22H34F3N3O3/c1-21(2,3)31-20(29)26-12-5-6-18(15-30-4)27-17-11-13-28(14-17)19-9-7-16(8-10-19)22(23,24)25/h7-10,17-18,27H,5-6,11-15H2,1-4H3,(H,26,29)/t17-,18-/m0/s1. The summed E-state index contributed by atoms with van der Waals surface area (Å²) in [6.07, 6.45) is -2.25. The zero-order valence-electron chi connectivity index (χ0n) is 18.7. The Kier molecular flexibility index (Phi) is 9.00. The van der Waals surface area contributed by atoms with E-state index in [2.05, 4.69) is 15.5 Å². The molecule has 9 heteroatoms. The lowest BCUT2D eigenvalue weighted by atomic mass is 10.1. The molecule has 1 aromatic carbocycles. The number of alkyl carbamates (subject to hydrolysis) is 1. The molecule has 6 nitrogen and oxygen atoms in total. The highest BCUT2D eigenvalue weighted by Crippen LogP contribution is 2.31. The Hall–Kier alpha value is -2.00. The molecule has 0 spiro atoms. The summed E-state index contributed by atoms with van der Waals surface area (Å²) in [6.45, 7) is 8.02. The molecular formula is C22H34F3N3O3. The minimum atomic E-state index is -4.32. The van der Waals surface area contributed by atoms with Crippen molar-refractivity contribution < 1.29 is 27.4 Å². The van der Waals surface area contributed by atoms with Crippen LogP contribution in [-0.4, -0.2) is 57.1 Å². The van der Waals surface area contributed by atoms with Crippen molar-refractivity contribution in [3.8, 4) is 0 Å². The van der Waals surface area contributed by atoms with Gasteiger partial charge < -0.3 is 25.0 Å². The number of amides is 1. The number of carbonyl (C=O) groups is 1. The molecule has 31 heavy (non-hydrogen) atoms. The van der Waals surface area contributed by atoms with Crippen LogP contribution in [0.1, 0.15) is 45.6 Å². The van der Waals surface area contributed by atoms with Crippen LogP contribution in [0.5, 0.6) is 0 Å². The highest BCUT2D eigenvalue weighted by molar-refractivity contribution is 5.67. The maximum Gasteiger partial charge on any atom is 0.416 e. The summed E-state index contributed by atoms with van der Waals surface area (Å²) in [5, 5.41) is 6.34. The van der Waals surface area contributed by atoms with E-state index in [-0.39, 0.29) is 12.1 Å². The molecule has 2 atom stereocenters. The molecule has 2 rings (SSSR count). The summed E-state index contributed by atoms with van der Waals surface area (Å²) < 4.78 is 48.8. The molecule has 0 radical (unpaired) electrons. The van der Waals surface area contributed by atoms with Crippen molar-refractivity contribution in [2.75, 3.05) is 38.3 Å². The second-order valence-electron chi connectivity index (χ2n) is 8.87. The average molecular weight is 446 g/mol. The first kappa shape index (κ1) is 25.3. The van der Waals surface area contributed by atoms with E-state index in [1.54, 1.807) is 7.11 Å². The molecule has 1 aliphatic heterocycles. The van der Waals surface area contributed by atoms with Crippen LogP contribution in [0.25, 0.3) is 0 Å². The van der Waals surface area contributed by atoms with Gasteiger partial charge in [0, 0.05) is 44.5 Å². The normalized spacial score (nSPS) is 18.2. The van der Waals surface area contributed by atoms with E-state index in [0.717, 1.165) is 50.2 Å². The van der Waals surface area contributed by atoms with Gasteiger partial charge >= 0.3 is 12.3 Å². The van der Waals surface area contributed by atoms with E-state index in [9.17, 15) is 18.0 Å². The molecule has 0 aromatic heterocycles. The Bertz CT molecular complexity index is 690. The van der Waals surface area contributed by atoms with Crippen molar-refractivity contribution in [2.24, 2.45) is 0 Å². The second-order valence-corrected chi connectivity index (χ2v) is 8.87. The van der Waals surface area contributed by atoms with Gasteiger partial charge in [-0.15, -0.1) is 0 Å². The van der Waals surface area contributed by atoms with E-state index >= 15 is 0 Å². The lowest BCUT2D eigenvalue weighted by Gasteiger charge is -2.24. The van der Waals surface area contributed by atoms with Crippen LogP contribution >= 0.6 is 0 Å². The molecular weight excluding hydrogens is 411 g/mol. The summed E-state index contributed by atoms with van der Waals surface area (Å²) in [5.74, 6) is 0. The molecule has 0 aliphatic carbocycles. The van der Waals surface area contributed by atoms with Crippen LogP contribution in [0.2, 0.25) is 0 Å². The molecule has 1 aromatic rings. The van der Waals surface area contributed by atoms with Crippen LogP contribution in [0.3, 0.4) is 0 Å². The SMILES string of the molecule is COC[C@H](CCCNC(=O)OC(C)(C)C)N[C@H]1CCN(c2ccc(C(F)(F)F)cc2)C1. The molecule has 0 bridgehead atoms. The van der Waals surface area contributed by atoms with Crippen molar-refractivity contribution in [1.29, 1.82) is 0 Å². The van der Waals surface area contributed by atoms with Gasteiger partial charge in [-0.3, -0.25) is 0 Å². The molecule has 1 amide bonds. The minimum Gasteiger partial charge on any atom is -0.444 e. The van der Waals surface area contributed by atoms with Crippen molar-refractivity contribution in [3.05, 3.63) is 29.8 Å². The smallest absolute Gasteiger partial charge is 0.416 e. The second kappa shape index (κ2) is 11.0. The fraction of sp³-hybridized carbons (Fsp3) is 0.682. The van der Waals surface area contributed by atoms with Crippen LogP contribution in [0.15, 0.2) is 24.3 Å². The lowest BCUT2D eigenvalue weighted by molar-refractivity contribution is -0.137. The van der Waals surface area contributed by atoms with Gasteiger partial charge in [0.25, 0.3) is 0 Å². The largest absolute Gasteiger partial charge is 0.444 e. The molecule has 1 fully saturated rings. The minimum absolute atomic E-state index is 0.128. The number of rotatable bonds is 9. The van der Waals surface area contributed by atoms with Gasteiger partial charge in [-0.2, -0.15) is 13.2 Å². The number of nitrogens with zero attached hydrogens (tertiary/aromatic N) is 1. The number of nitrogens with one attached hydrogen (secondary N) is 2. The van der Waals surface area contributed by atoms with Gasteiger partial charge in [0.15, 0.2) is 0 Å². The molecule has 1 heterocycles. The number of alkyl halides is 3. The summed E-state index contributed by atoms with van der Waals surface area (Å²) in [6, 6.07) is 5.66. The summed E-state index contributed by atoms with van der Waals surface area (Å²) in [4.78, 5) is 13.8. The molecule has 0 unspecified atom stereocenters. The van der Waals surface area contributed by atoms with Crippen LogP contribution in [-0.2, 0) is 15.7 Å². The van der Waals surface area contributed by atoms with E-state index in [0.29, 0.717) is 13.2 Å². The van der Waals surface area contributed by atoms with Gasteiger partial charge in [0.2, 0.25) is 0 Å². The van der Waals surface area contributed by atoms with Gasteiger partial charge in [-0.25, -0.2) is 4.79 Å². The molecule has 1 saturated heterocycles. The fourth-order valence-corrected chi connectivity index (χ4v) is 3.59. The molecule has 0 saturated carbocycles. The number of halogens is 3. The Labute approximate surface area is 182 Å². The van der Waals surface area contributed by atoms with E-state index in [4.69, 9.17) is 9.47 Å². The van der Waals surface area contributed by atoms with E-state index in [1.807, 2.05) is 20.8 Å². The van der Waals surface area contributed by atoms with Gasteiger partial charge in [0.1, 0.15) is 5.60 Å². The number of anilines is 1. The lowest BCUT2D eigenvalue weighted by Crippen LogP contribution is -2.43. The zero-order valence-corrected chi connectivity index (χ0v) is 18.7. The summed E-state index contributed by atoms with van der Waals surface area (Å²) in [5.41, 5.74) is -0.363. The van der Waals surface area contributed by atoms with Gasteiger partial charge in [-0.1, -0.05) is 0 Å². The van der Waals surface area contributed by atoms with Crippen molar-refractivity contribution in [1.82, 2.24) is 10.6 Å². The highest BCUT2D eigenvalue weighted by Gasteiger charge is 2.31. The van der Waals surface area contributed by atoms with E-state index < -0.39 is 23.4 Å². The Morgan fingerprint density at radius 3 is 2.48 bits per heavy atom. The quantitative estimate of drug-likeness (QED) is 0.558. The predicted molar refractivity (Wildman–Crippen MR) is 114 cm³/mol. The number of carbonyl (C=O) groups excluding carboxylic acids is 1. The third-order valence-corrected chi connectivity index (χ3v) is 4.98. The first-order valence-corrected chi connectivity index (χ1v) is 10.6. The van der Waals surface area contributed by atoms with Crippen LogP contribution in [0, 0.1) is 0 Å². The fourth-order valence-electron chi connectivity index (χ4n) is 3.59. The Morgan fingerprint density at radius 1 is 1.23 bits per heavy atom. The third kappa shape index (κ3) is 8.95. The van der Waals surface area contributed by atoms with Crippen LogP contribution in [0.4, 0.5) is 23.7 Å². The van der Waals surface area contributed by atoms with Crippen LogP contribution < -0.4 is 15.5 Å². The first-order chi connectivity index (χ1) is 14.5. The molecule has 1 aliphatic rings. The molecule has 2 N–H and O–H groups in total. The maximum atomic E-state index is 12.8. The number of ether oxygens (including phenoxy) is 2. The Balaban J connectivity index is 1.77. The number of hydrogen-bond donors (Lipinski definition) is 2. The summed E-state index contributed by atoms with van der Waals surface area (Å²) >= 11 is 0. The first-order valence-electron chi connectivity index (χ1n) is 10.6. The predicted octanol–water partition coefficient (Wildman–Crippen LogP) is 4.19. The van der Waals surface area contributed by atoms with Crippen molar-refractivity contribution >= 4 is 11.8 Å². The topological polar surface area (TPSA) is 62.8 Å². The average Bonchev–Trinajstić information content (AvgIpc) is 3.12. The van der Waals surface area contributed by atoms with Gasteiger partial charge in [-0.05, 0) is 64.3 Å². The number of hydrogen-bond acceptors (Lipinski definition) is 5. The highest BCUT2D eigenvalue weighted by atomic mass is 19.4. The Morgan fingerprint density at radius 2 is 1.90 bits per heavy atom. The van der Waals surface area contributed by atoms with Crippen molar-refractivity contribution in [3.63, 3.8) is 0 Å². The van der Waals surface area contributed by atoms with Crippen molar-refractivity contribution in [2.45, 2.75) is 63.9 Å². The number of benzene rings is 1. The monoisotopic (exact) mass is 445 g/mol. The maximum absolute atomic E-state index is 12.8. The van der Waals surface area contributed by atoms with E-state index in [1.165, 1.54) is 12.1 Å². The summed E-state index contributed by atoms with van der Waals surface area (Å²) in [7, 11) is 1.65. The molecule has 176 valence electrons. The number of methoxy groups -OCH3 is 1. The third-order valence-electron chi connectivity index (χ3n) is 4.98. The zero-order chi connectivity index (χ0) is 23.1.